The van der Waals surface area contributed by atoms with Gasteiger partial charge in [-0.05, 0) is 36.5 Å². The molecule has 2 saturated carbocycles. The van der Waals surface area contributed by atoms with E-state index in [0.29, 0.717) is 0 Å². The SMILES string of the molecule is CCCC1CC(C)C2CC12. The maximum Gasteiger partial charge on any atom is -0.0352 e. The molecule has 2 aliphatic rings. The highest BCUT2D eigenvalue weighted by molar-refractivity contribution is 5.00. The van der Waals surface area contributed by atoms with Gasteiger partial charge < -0.3 is 0 Å². The standard InChI is InChI=1S/C10H18/c1-3-4-8-5-7(2)9-6-10(8)9/h7-10H,3-6H2,1-2H3. The zero-order valence-corrected chi connectivity index (χ0v) is 7.14. The second-order valence-corrected chi connectivity index (χ2v) is 4.33. The molecule has 0 N–H and O–H groups in total. The lowest BCUT2D eigenvalue weighted by atomic mass is 9.95. The Labute approximate surface area is 64.0 Å². The van der Waals surface area contributed by atoms with E-state index in [1.807, 2.05) is 0 Å². The van der Waals surface area contributed by atoms with Crippen molar-refractivity contribution in [1.82, 2.24) is 0 Å². The van der Waals surface area contributed by atoms with Gasteiger partial charge in [0.25, 0.3) is 0 Å². The summed E-state index contributed by atoms with van der Waals surface area (Å²) in [5.74, 6) is 4.54. The first kappa shape index (κ1) is 6.69. The van der Waals surface area contributed by atoms with Crippen molar-refractivity contribution in [3.8, 4) is 0 Å². The van der Waals surface area contributed by atoms with E-state index in [9.17, 15) is 0 Å². The van der Waals surface area contributed by atoms with E-state index in [4.69, 9.17) is 0 Å². The van der Waals surface area contributed by atoms with Gasteiger partial charge in [-0.1, -0.05) is 26.7 Å². The first-order valence-corrected chi connectivity index (χ1v) is 4.83. The summed E-state index contributed by atoms with van der Waals surface area (Å²) >= 11 is 0. The summed E-state index contributed by atoms with van der Waals surface area (Å²) in [4.78, 5) is 0. The monoisotopic (exact) mass is 138 g/mol. The highest BCUT2D eigenvalue weighted by Gasteiger charge is 2.51. The Hall–Kier alpha value is 0. The second kappa shape index (κ2) is 2.25. The Morgan fingerprint density at radius 3 is 2.40 bits per heavy atom. The van der Waals surface area contributed by atoms with Gasteiger partial charge in [0, 0.05) is 0 Å². The highest BCUT2D eigenvalue weighted by atomic mass is 14.6. The zero-order chi connectivity index (χ0) is 7.14. The predicted molar refractivity (Wildman–Crippen MR) is 43.8 cm³/mol. The molecule has 0 heterocycles. The first-order valence-electron chi connectivity index (χ1n) is 4.83. The molecule has 2 rings (SSSR count). The molecule has 2 aliphatic carbocycles. The molecule has 0 aliphatic heterocycles. The molecular weight excluding hydrogens is 120 g/mol. The summed E-state index contributed by atoms with van der Waals surface area (Å²) in [6.45, 7) is 4.76. The molecule has 0 heteroatoms. The molecule has 0 aromatic rings. The van der Waals surface area contributed by atoms with Gasteiger partial charge in [0.2, 0.25) is 0 Å². The summed E-state index contributed by atoms with van der Waals surface area (Å²) < 4.78 is 0. The van der Waals surface area contributed by atoms with Crippen molar-refractivity contribution in [2.24, 2.45) is 23.7 Å². The lowest BCUT2D eigenvalue weighted by Crippen LogP contribution is -2.00. The number of fused-ring (bicyclic) bond motifs is 1. The summed E-state index contributed by atoms with van der Waals surface area (Å²) in [6, 6.07) is 0. The predicted octanol–water partition coefficient (Wildman–Crippen LogP) is 3.08. The average molecular weight is 138 g/mol. The van der Waals surface area contributed by atoms with E-state index in [1.165, 1.54) is 18.8 Å². The van der Waals surface area contributed by atoms with Crippen molar-refractivity contribution in [3.63, 3.8) is 0 Å². The van der Waals surface area contributed by atoms with E-state index < -0.39 is 0 Å². The maximum atomic E-state index is 2.44. The minimum absolute atomic E-state index is 1.07. The molecule has 0 aromatic carbocycles. The third kappa shape index (κ3) is 0.889. The molecule has 4 atom stereocenters. The van der Waals surface area contributed by atoms with Crippen molar-refractivity contribution in [2.75, 3.05) is 0 Å². The van der Waals surface area contributed by atoms with Crippen LogP contribution in [0.1, 0.15) is 39.5 Å². The smallest absolute Gasteiger partial charge is 0.0352 e. The molecule has 4 unspecified atom stereocenters. The van der Waals surface area contributed by atoms with E-state index in [-0.39, 0.29) is 0 Å². The number of hydrogen-bond acceptors (Lipinski definition) is 0. The van der Waals surface area contributed by atoms with Crippen LogP contribution in [0.4, 0.5) is 0 Å². The van der Waals surface area contributed by atoms with Gasteiger partial charge in [0.15, 0.2) is 0 Å². The van der Waals surface area contributed by atoms with Gasteiger partial charge in [0.05, 0.1) is 0 Å². The fourth-order valence-electron chi connectivity index (χ4n) is 2.96. The van der Waals surface area contributed by atoms with E-state index in [1.54, 1.807) is 12.8 Å². The van der Waals surface area contributed by atoms with E-state index >= 15 is 0 Å². The van der Waals surface area contributed by atoms with Crippen LogP contribution >= 0.6 is 0 Å². The fourth-order valence-corrected chi connectivity index (χ4v) is 2.96. The Morgan fingerprint density at radius 2 is 2.00 bits per heavy atom. The molecule has 10 heavy (non-hydrogen) atoms. The topological polar surface area (TPSA) is 0 Å². The van der Waals surface area contributed by atoms with Gasteiger partial charge in [-0.2, -0.15) is 0 Å². The van der Waals surface area contributed by atoms with E-state index in [0.717, 1.165) is 17.8 Å². The molecule has 58 valence electrons. The molecule has 0 radical (unpaired) electrons. The third-order valence-corrected chi connectivity index (χ3v) is 3.56. The van der Waals surface area contributed by atoms with Crippen LogP contribution in [-0.4, -0.2) is 0 Å². The van der Waals surface area contributed by atoms with Crippen LogP contribution in [-0.2, 0) is 0 Å². The molecule has 0 saturated heterocycles. The minimum Gasteiger partial charge on any atom is -0.0654 e. The Balaban J connectivity index is 1.89. The van der Waals surface area contributed by atoms with Crippen LogP contribution in [0.25, 0.3) is 0 Å². The number of rotatable bonds is 2. The van der Waals surface area contributed by atoms with E-state index in [2.05, 4.69) is 13.8 Å². The first-order chi connectivity index (χ1) is 4.83. The van der Waals surface area contributed by atoms with Gasteiger partial charge in [-0.15, -0.1) is 0 Å². The largest absolute Gasteiger partial charge is 0.0654 e. The fraction of sp³-hybridized carbons (Fsp3) is 1.00. The zero-order valence-electron chi connectivity index (χ0n) is 7.14. The summed E-state index contributed by atoms with van der Waals surface area (Å²) in [5, 5.41) is 0. The molecule has 0 nitrogen and oxygen atoms in total. The number of hydrogen-bond donors (Lipinski definition) is 0. The Kier molecular flexibility index (Phi) is 1.51. The van der Waals surface area contributed by atoms with Crippen molar-refractivity contribution >= 4 is 0 Å². The molecule has 0 bridgehead atoms. The van der Waals surface area contributed by atoms with Crippen LogP contribution in [0, 0.1) is 23.7 Å². The average Bonchev–Trinajstić information content (AvgIpc) is 2.59. The van der Waals surface area contributed by atoms with Crippen molar-refractivity contribution in [1.29, 1.82) is 0 Å². The third-order valence-electron chi connectivity index (χ3n) is 3.56. The quantitative estimate of drug-likeness (QED) is 0.550. The lowest BCUT2D eigenvalue weighted by Gasteiger charge is -2.11. The minimum atomic E-state index is 1.07. The highest BCUT2D eigenvalue weighted by Crippen LogP contribution is 2.59. The summed E-state index contributed by atoms with van der Waals surface area (Å²) in [7, 11) is 0. The van der Waals surface area contributed by atoms with Gasteiger partial charge in [0.1, 0.15) is 0 Å². The molecular formula is C10H18. The van der Waals surface area contributed by atoms with Crippen molar-refractivity contribution in [3.05, 3.63) is 0 Å². The molecule has 0 aromatic heterocycles. The van der Waals surface area contributed by atoms with Gasteiger partial charge in [-0.3, -0.25) is 0 Å². The molecule has 2 fully saturated rings. The Morgan fingerprint density at radius 1 is 1.20 bits per heavy atom. The van der Waals surface area contributed by atoms with Crippen LogP contribution in [0.15, 0.2) is 0 Å². The summed E-state index contributed by atoms with van der Waals surface area (Å²) in [5.41, 5.74) is 0. The normalized spacial score (nSPS) is 51.0. The van der Waals surface area contributed by atoms with Crippen LogP contribution in [0.5, 0.6) is 0 Å². The summed E-state index contributed by atoms with van der Waals surface area (Å²) in [6.07, 6.45) is 6.03. The second-order valence-electron chi connectivity index (χ2n) is 4.33. The van der Waals surface area contributed by atoms with Crippen LogP contribution in [0.3, 0.4) is 0 Å². The maximum absolute atomic E-state index is 2.44. The van der Waals surface area contributed by atoms with Crippen LogP contribution < -0.4 is 0 Å². The van der Waals surface area contributed by atoms with Crippen molar-refractivity contribution < 1.29 is 0 Å². The Bertz CT molecular complexity index is 128. The van der Waals surface area contributed by atoms with Crippen LogP contribution in [0.2, 0.25) is 0 Å². The molecule has 0 amide bonds. The lowest BCUT2D eigenvalue weighted by molar-refractivity contribution is 0.405. The van der Waals surface area contributed by atoms with Gasteiger partial charge >= 0.3 is 0 Å². The van der Waals surface area contributed by atoms with Crippen molar-refractivity contribution in [2.45, 2.75) is 39.5 Å². The molecule has 0 spiro atoms. The van der Waals surface area contributed by atoms with Gasteiger partial charge in [-0.25, -0.2) is 0 Å².